The fourth-order valence-corrected chi connectivity index (χ4v) is 5.48. The summed E-state index contributed by atoms with van der Waals surface area (Å²) in [7, 11) is 0. The van der Waals surface area contributed by atoms with Crippen LogP contribution in [0.3, 0.4) is 0 Å². The van der Waals surface area contributed by atoms with Gasteiger partial charge in [-0.2, -0.15) is 0 Å². The second-order valence-corrected chi connectivity index (χ2v) is 8.89. The van der Waals surface area contributed by atoms with Gasteiger partial charge in [-0.1, -0.05) is 36.4 Å². The summed E-state index contributed by atoms with van der Waals surface area (Å²) < 4.78 is 0. The largest absolute Gasteiger partial charge is 0.331 e. The standard InChI is InChI=1S/C23H24N2O2S/c26-22(14-24-20-9-3-4-11-21(20)28-15-23(24)27)25(17-12-13-17)19-10-5-7-16-6-1-2-8-18(16)19/h1-4,6,8-9,11,17,19H,5,7,10,12-15H2. The van der Waals surface area contributed by atoms with Gasteiger partial charge in [-0.25, -0.2) is 0 Å². The van der Waals surface area contributed by atoms with E-state index < -0.39 is 0 Å². The van der Waals surface area contributed by atoms with Crippen molar-refractivity contribution in [3.05, 3.63) is 59.7 Å². The van der Waals surface area contributed by atoms with Gasteiger partial charge >= 0.3 is 0 Å². The zero-order chi connectivity index (χ0) is 19.1. The molecule has 2 aliphatic carbocycles. The maximum atomic E-state index is 13.5. The quantitative estimate of drug-likeness (QED) is 0.783. The van der Waals surface area contributed by atoms with Gasteiger partial charge in [-0.05, 0) is 55.4 Å². The van der Waals surface area contributed by atoms with Crippen LogP contribution >= 0.6 is 11.8 Å². The van der Waals surface area contributed by atoms with Crippen LogP contribution in [0.4, 0.5) is 5.69 Å². The van der Waals surface area contributed by atoms with E-state index in [1.165, 1.54) is 11.1 Å². The smallest absolute Gasteiger partial charge is 0.243 e. The van der Waals surface area contributed by atoms with E-state index >= 15 is 0 Å². The maximum Gasteiger partial charge on any atom is 0.243 e. The van der Waals surface area contributed by atoms with Crippen molar-refractivity contribution < 1.29 is 9.59 Å². The van der Waals surface area contributed by atoms with Crippen LogP contribution in [0.1, 0.15) is 42.9 Å². The monoisotopic (exact) mass is 392 g/mol. The summed E-state index contributed by atoms with van der Waals surface area (Å²) in [6.45, 7) is 0.144. The molecular weight excluding hydrogens is 368 g/mol. The molecule has 144 valence electrons. The van der Waals surface area contributed by atoms with Crippen molar-refractivity contribution in [1.29, 1.82) is 0 Å². The zero-order valence-electron chi connectivity index (χ0n) is 15.8. The van der Waals surface area contributed by atoms with Crippen LogP contribution in [-0.4, -0.2) is 35.1 Å². The molecule has 28 heavy (non-hydrogen) atoms. The van der Waals surface area contributed by atoms with E-state index in [4.69, 9.17) is 0 Å². The predicted octanol–water partition coefficient (Wildman–Crippen LogP) is 4.19. The molecule has 1 aliphatic heterocycles. The van der Waals surface area contributed by atoms with E-state index in [-0.39, 0.29) is 24.4 Å². The third-order valence-electron chi connectivity index (χ3n) is 6.00. The lowest BCUT2D eigenvalue weighted by molar-refractivity contribution is -0.134. The number of fused-ring (bicyclic) bond motifs is 2. The molecule has 0 N–H and O–H groups in total. The number of hydrogen-bond acceptors (Lipinski definition) is 3. The van der Waals surface area contributed by atoms with Crippen molar-refractivity contribution in [1.82, 2.24) is 4.90 Å². The molecule has 5 rings (SSSR count). The molecule has 1 unspecified atom stereocenters. The first-order chi connectivity index (χ1) is 13.7. The van der Waals surface area contributed by atoms with Crippen LogP contribution in [-0.2, 0) is 16.0 Å². The summed E-state index contributed by atoms with van der Waals surface area (Å²) in [5.41, 5.74) is 3.54. The second-order valence-electron chi connectivity index (χ2n) is 7.88. The van der Waals surface area contributed by atoms with Crippen molar-refractivity contribution in [2.24, 2.45) is 0 Å². The van der Waals surface area contributed by atoms with Gasteiger partial charge < -0.3 is 9.80 Å². The number of rotatable bonds is 4. The summed E-state index contributed by atoms with van der Waals surface area (Å²) in [6, 6.07) is 16.9. The van der Waals surface area contributed by atoms with E-state index in [9.17, 15) is 9.59 Å². The summed E-state index contributed by atoms with van der Waals surface area (Å²) >= 11 is 1.56. The Balaban J connectivity index is 1.43. The number of hydrogen-bond donors (Lipinski definition) is 0. The number of thioether (sulfide) groups is 1. The van der Waals surface area contributed by atoms with Gasteiger partial charge in [0.2, 0.25) is 11.8 Å². The lowest BCUT2D eigenvalue weighted by Gasteiger charge is -2.38. The first kappa shape index (κ1) is 17.8. The molecule has 1 saturated carbocycles. The highest BCUT2D eigenvalue weighted by molar-refractivity contribution is 8.00. The van der Waals surface area contributed by atoms with Gasteiger partial charge in [0.1, 0.15) is 6.54 Å². The molecule has 0 radical (unpaired) electrons. The average Bonchev–Trinajstić information content (AvgIpc) is 3.56. The van der Waals surface area contributed by atoms with Crippen LogP contribution in [0.2, 0.25) is 0 Å². The minimum atomic E-state index is 0.0249. The number of carbonyl (C=O) groups excluding carboxylic acids is 2. The molecule has 1 atom stereocenters. The SMILES string of the molecule is O=C1CSc2ccccc2N1CC(=O)N(C1CC1)C1CCCc2ccccc21. The molecule has 2 amide bonds. The van der Waals surface area contributed by atoms with E-state index in [0.29, 0.717) is 11.8 Å². The van der Waals surface area contributed by atoms with Crippen LogP contribution in [0.15, 0.2) is 53.4 Å². The molecule has 1 heterocycles. The molecule has 2 aromatic carbocycles. The zero-order valence-corrected chi connectivity index (χ0v) is 16.7. The number of aryl methyl sites for hydroxylation is 1. The molecule has 5 heteroatoms. The van der Waals surface area contributed by atoms with E-state index in [2.05, 4.69) is 29.2 Å². The number of anilines is 1. The summed E-state index contributed by atoms with van der Waals surface area (Å²) in [5.74, 6) is 0.510. The van der Waals surface area contributed by atoms with Gasteiger partial charge in [-0.15, -0.1) is 11.8 Å². The summed E-state index contributed by atoms with van der Waals surface area (Å²) in [4.78, 5) is 31.0. The van der Waals surface area contributed by atoms with Gasteiger partial charge in [0.05, 0.1) is 17.5 Å². The Kier molecular flexibility index (Phi) is 4.63. The number of benzene rings is 2. The van der Waals surface area contributed by atoms with Crippen molar-refractivity contribution >= 4 is 29.3 Å². The molecule has 0 saturated heterocycles. The first-order valence-electron chi connectivity index (χ1n) is 10.1. The van der Waals surface area contributed by atoms with Crippen LogP contribution in [0, 0.1) is 0 Å². The molecule has 1 fully saturated rings. The van der Waals surface area contributed by atoms with Crippen LogP contribution in [0.5, 0.6) is 0 Å². The highest BCUT2D eigenvalue weighted by Crippen LogP contribution is 2.41. The highest BCUT2D eigenvalue weighted by atomic mass is 32.2. The molecule has 0 aromatic heterocycles. The molecule has 4 nitrogen and oxygen atoms in total. The van der Waals surface area contributed by atoms with Crippen LogP contribution in [0.25, 0.3) is 0 Å². The minimum Gasteiger partial charge on any atom is -0.331 e. The van der Waals surface area contributed by atoms with Crippen molar-refractivity contribution in [2.45, 2.75) is 49.1 Å². The number of amides is 2. The highest BCUT2D eigenvalue weighted by Gasteiger charge is 2.40. The van der Waals surface area contributed by atoms with E-state index in [0.717, 1.165) is 42.7 Å². The van der Waals surface area contributed by atoms with Gasteiger partial charge in [-0.3, -0.25) is 9.59 Å². The second kappa shape index (κ2) is 7.28. The Bertz CT molecular complexity index is 924. The molecule has 2 aromatic rings. The van der Waals surface area contributed by atoms with Crippen LogP contribution < -0.4 is 4.90 Å². The normalized spacial score (nSPS) is 21.1. The predicted molar refractivity (Wildman–Crippen MR) is 112 cm³/mol. The van der Waals surface area contributed by atoms with Crippen molar-refractivity contribution in [3.8, 4) is 0 Å². The minimum absolute atomic E-state index is 0.0249. The average molecular weight is 393 g/mol. The third kappa shape index (κ3) is 3.22. The Morgan fingerprint density at radius 3 is 2.71 bits per heavy atom. The van der Waals surface area contributed by atoms with Gasteiger partial charge in [0, 0.05) is 10.9 Å². The molecular formula is C23H24N2O2S. The maximum absolute atomic E-state index is 13.5. The lowest BCUT2D eigenvalue weighted by atomic mass is 9.86. The Morgan fingerprint density at radius 1 is 1.07 bits per heavy atom. The van der Waals surface area contributed by atoms with E-state index in [1.54, 1.807) is 16.7 Å². The number of carbonyl (C=O) groups is 2. The number of para-hydroxylation sites is 1. The third-order valence-corrected chi connectivity index (χ3v) is 7.05. The fraction of sp³-hybridized carbons (Fsp3) is 0.391. The fourth-order valence-electron chi connectivity index (χ4n) is 4.55. The summed E-state index contributed by atoms with van der Waals surface area (Å²) in [5, 5.41) is 0. The lowest BCUT2D eigenvalue weighted by Crippen LogP contribution is -2.47. The molecule has 3 aliphatic rings. The Morgan fingerprint density at radius 2 is 1.86 bits per heavy atom. The Hall–Kier alpha value is -2.27. The molecule has 0 bridgehead atoms. The first-order valence-corrected chi connectivity index (χ1v) is 11.1. The van der Waals surface area contributed by atoms with Crippen molar-refractivity contribution in [3.63, 3.8) is 0 Å². The Labute approximate surface area is 169 Å². The topological polar surface area (TPSA) is 40.6 Å². The van der Waals surface area contributed by atoms with E-state index in [1.807, 2.05) is 24.3 Å². The number of nitrogens with zero attached hydrogens (tertiary/aromatic N) is 2. The summed E-state index contributed by atoms with van der Waals surface area (Å²) in [6.07, 6.45) is 5.37. The molecule has 0 spiro atoms. The van der Waals surface area contributed by atoms with Gasteiger partial charge in [0.25, 0.3) is 0 Å². The van der Waals surface area contributed by atoms with Gasteiger partial charge in [0.15, 0.2) is 0 Å². The van der Waals surface area contributed by atoms with Crippen molar-refractivity contribution in [2.75, 3.05) is 17.2 Å².